The van der Waals surface area contributed by atoms with Gasteiger partial charge in [-0.15, -0.1) is 0 Å². The highest BCUT2D eigenvalue weighted by atomic mass is 16.5. The largest absolute Gasteiger partial charge is 0.501 e. The van der Waals surface area contributed by atoms with Crippen molar-refractivity contribution in [3.63, 3.8) is 0 Å². The molecule has 0 aliphatic carbocycles. The molecule has 0 saturated heterocycles. The van der Waals surface area contributed by atoms with Crippen LogP contribution in [-0.4, -0.2) is 24.2 Å². The summed E-state index contributed by atoms with van der Waals surface area (Å²) in [7, 11) is 0. The van der Waals surface area contributed by atoms with E-state index in [0.29, 0.717) is 6.61 Å². The monoisotopic (exact) mass is 211 g/mol. The second kappa shape index (κ2) is 7.79. The molecule has 0 amide bonds. The molecule has 0 aliphatic heterocycles. The molecule has 0 heterocycles. The number of hydrogen-bond acceptors (Lipinski definition) is 4. The van der Waals surface area contributed by atoms with E-state index in [2.05, 4.69) is 5.32 Å². The van der Waals surface area contributed by atoms with E-state index >= 15 is 0 Å². The average Bonchev–Trinajstić information content (AvgIpc) is 2.17. The van der Waals surface area contributed by atoms with Crippen LogP contribution in [0.15, 0.2) is 24.6 Å². The number of carbonyl (C=O) groups is 2. The Morgan fingerprint density at radius 1 is 1.27 bits per heavy atom. The zero-order valence-electron chi connectivity index (χ0n) is 9.32. The first kappa shape index (κ1) is 13.4. The van der Waals surface area contributed by atoms with Crippen LogP contribution in [0.2, 0.25) is 0 Å². The predicted molar refractivity (Wildman–Crippen MR) is 58.2 cm³/mol. The number of allylic oxidation sites excluding steroid dienone is 2. The summed E-state index contributed by atoms with van der Waals surface area (Å²) >= 11 is 0. The van der Waals surface area contributed by atoms with Crippen molar-refractivity contribution in [2.24, 2.45) is 0 Å². The van der Waals surface area contributed by atoms with Crippen LogP contribution in [0, 0.1) is 0 Å². The van der Waals surface area contributed by atoms with Crippen molar-refractivity contribution in [1.29, 1.82) is 0 Å². The van der Waals surface area contributed by atoms with Crippen molar-refractivity contribution in [1.82, 2.24) is 5.32 Å². The van der Waals surface area contributed by atoms with Gasteiger partial charge in [0.05, 0.1) is 12.9 Å². The summed E-state index contributed by atoms with van der Waals surface area (Å²) in [6.07, 6.45) is 5.02. The number of ketones is 2. The zero-order chi connectivity index (χ0) is 11.7. The molecule has 0 unspecified atom stereocenters. The van der Waals surface area contributed by atoms with Gasteiger partial charge < -0.3 is 10.1 Å². The van der Waals surface area contributed by atoms with Gasteiger partial charge in [0.25, 0.3) is 0 Å². The number of nitrogens with one attached hydrogen (secondary N) is 1. The fourth-order valence-corrected chi connectivity index (χ4v) is 0.687. The highest BCUT2D eigenvalue weighted by molar-refractivity contribution is 6.45. The summed E-state index contributed by atoms with van der Waals surface area (Å²) in [6, 6.07) is 0.239. The maximum absolute atomic E-state index is 11.1. The predicted octanol–water partition coefficient (Wildman–Crippen LogP) is 1.19. The average molecular weight is 211 g/mol. The Hall–Kier alpha value is -1.58. The normalized spacial score (nSPS) is 11.2. The SMILES string of the molecule is CCO/C=C/C(=O)C(=O)/C=C\NC(C)C. The molecule has 0 aliphatic rings. The smallest absolute Gasteiger partial charge is 0.228 e. The molecular weight excluding hydrogens is 194 g/mol. The van der Waals surface area contributed by atoms with Gasteiger partial charge >= 0.3 is 0 Å². The summed E-state index contributed by atoms with van der Waals surface area (Å²) in [5.74, 6) is -1.16. The molecule has 84 valence electrons. The van der Waals surface area contributed by atoms with Gasteiger partial charge in [-0.2, -0.15) is 0 Å². The van der Waals surface area contributed by atoms with Crippen molar-refractivity contribution < 1.29 is 14.3 Å². The molecule has 0 fully saturated rings. The fourth-order valence-electron chi connectivity index (χ4n) is 0.687. The number of hydrogen-bond donors (Lipinski definition) is 1. The van der Waals surface area contributed by atoms with Gasteiger partial charge in [0.15, 0.2) is 0 Å². The number of ether oxygens (including phenoxy) is 1. The summed E-state index contributed by atoms with van der Waals surface area (Å²) in [6.45, 7) is 6.14. The molecule has 0 saturated carbocycles. The van der Waals surface area contributed by atoms with Gasteiger partial charge in [-0.3, -0.25) is 9.59 Å². The van der Waals surface area contributed by atoms with Crippen molar-refractivity contribution in [2.45, 2.75) is 26.8 Å². The van der Waals surface area contributed by atoms with Crippen LogP contribution in [0.5, 0.6) is 0 Å². The molecule has 0 bridgehead atoms. The van der Waals surface area contributed by atoms with E-state index < -0.39 is 11.6 Å². The second-order valence-corrected chi connectivity index (χ2v) is 3.14. The van der Waals surface area contributed by atoms with Crippen LogP contribution in [0.3, 0.4) is 0 Å². The standard InChI is InChI=1S/C11H17NO3/c1-4-15-8-6-11(14)10(13)5-7-12-9(2)3/h5-9,12H,4H2,1-3H3/b7-5-,8-6+. The first-order valence-corrected chi connectivity index (χ1v) is 4.87. The van der Waals surface area contributed by atoms with Crippen LogP contribution in [0.25, 0.3) is 0 Å². The van der Waals surface area contributed by atoms with Gasteiger partial charge in [0.2, 0.25) is 11.6 Å². The van der Waals surface area contributed by atoms with Gasteiger partial charge in [0.1, 0.15) is 0 Å². The fraction of sp³-hybridized carbons (Fsp3) is 0.455. The highest BCUT2D eigenvalue weighted by Gasteiger charge is 2.05. The zero-order valence-corrected chi connectivity index (χ0v) is 9.32. The summed E-state index contributed by atoms with van der Waals surface area (Å²) < 4.78 is 4.80. The van der Waals surface area contributed by atoms with E-state index in [4.69, 9.17) is 4.74 Å². The highest BCUT2D eigenvalue weighted by Crippen LogP contribution is 1.85. The van der Waals surface area contributed by atoms with Crippen LogP contribution >= 0.6 is 0 Å². The maximum atomic E-state index is 11.1. The van der Waals surface area contributed by atoms with Crippen molar-refractivity contribution >= 4 is 11.6 Å². The quantitative estimate of drug-likeness (QED) is 0.390. The van der Waals surface area contributed by atoms with E-state index in [1.54, 1.807) is 6.92 Å². The molecule has 15 heavy (non-hydrogen) atoms. The molecule has 0 aromatic carbocycles. The van der Waals surface area contributed by atoms with Gasteiger partial charge in [-0.25, -0.2) is 0 Å². The van der Waals surface area contributed by atoms with E-state index in [0.717, 1.165) is 6.08 Å². The maximum Gasteiger partial charge on any atom is 0.228 e. The molecule has 1 N–H and O–H groups in total. The lowest BCUT2D eigenvalue weighted by Gasteiger charge is -2.01. The topological polar surface area (TPSA) is 55.4 Å². The summed E-state index contributed by atoms with van der Waals surface area (Å²) in [5, 5.41) is 2.89. The Morgan fingerprint density at radius 3 is 2.40 bits per heavy atom. The number of rotatable bonds is 7. The van der Waals surface area contributed by atoms with Crippen LogP contribution < -0.4 is 5.32 Å². The first-order chi connectivity index (χ1) is 7.07. The van der Waals surface area contributed by atoms with Gasteiger partial charge in [0, 0.05) is 24.4 Å². The Morgan fingerprint density at radius 2 is 1.87 bits per heavy atom. The van der Waals surface area contributed by atoms with E-state index in [1.807, 2.05) is 13.8 Å². The minimum atomic E-state index is -0.592. The Balaban J connectivity index is 3.99. The molecule has 0 spiro atoms. The Labute approximate surface area is 90.0 Å². The third kappa shape index (κ3) is 7.49. The molecule has 0 aromatic rings. The molecule has 0 atom stereocenters. The lowest BCUT2D eigenvalue weighted by Crippen LogP contribution is -2.17. The van der Waals surface area contributed by atoms with Crippen molar-refractivity contribution in [2.75, 3.05) is 6.61 Å². The van der Waals surface area contributed by atoms with Gasteiger partial charge in [-0.1, -0.05) is 0 Å². The summed E-state index contributed by atoms with van der Waals surface area (Å²) in [4.78, 5) is 22.2. The molecule has 4 heteroatoms. The van der Waals surface area contributed by atoms with E-state index in [-0.39, 0.29) is 6.04 Å². The van der Waals surface area contributed by atoms with Crippen LogP contribution in [0.4, 0.5) is 0 Å². The van der Waals surface area contributed by atoms with Gasteiger partial charge in [-0.05, 0) is 20.8 Å². The van der Waals surface area contributed by atoms with E-state index in [1.165, 1.54) is 18.5 Å². The molecule has 0 radical (unpaired) electrons. The van der Waals surface area contributed by atoms with Crippen LogP contribution in [0.1, 0.15) is 20.8 Å². The van der Waals surface area contributed by atoms with E-state index in [9.17, 15) is 9.59 Å². The molecule has 0 aromatic heterocycles. The summed E-state index contributed by atoms with van der Waals surface area (Å²) in [5.41, 5.74) is 0. The second-order valence-electron chi connectivity index (χ2n) is 3.14. The minimum absolute atomic E-state index is 0.239. The van der Waals surface area contributed by atoms with Crippen LogP contribution in [-0.2, 0) is 14.3 Å². The molecule has 0 rings (SSSR count). The third-order valence-electron chi connectivity index (χ3n) is 1.39. The lowest BCUT2D eigenvalue weighted by atomic mass is 10.2. The van der Waals surface area contributed by atoms with Crippen molar-refractivity contribution in [3.05, 3.63) is 24.6 Å². The number of carbonyl (C=O) groups excluding carboxylic acids is 2. The Bertz CT molecular complexity index is 267. The third-order valence-corrected chi connectivity index (χ3v) is 1.39. The van der Waals surface area contributed by atoms with Crippen molar-refractivity contribution in [3.8, 4) is 0 Å². The molecular formula is C11H17NO3. The Kier molecular flexibility index (Phi) is 6.97. The minimum Gasteiger partial charge on any atom is -0.501 e. The lowest BCUT2D eigenvalue weighted by molar-refractivity contribution is -0.131. The first-order valence-electron chi connectivity index (χ1n) is 4.87. The molecule has 4 nitrogen and oxygen atoms in total.